The van der Waals surface area contributed by atoms with Gasteiger partial charge in [-0.25, -0.2) is 19.3 Å². The molecule has 1 aliphatic heterocycles. The van der Waals surface area contributed by atoms with Crippen LogP contribution in [-0.2, 0) is 4.74 Å². The topological polar surface area (TPSA) is 90.8 Å². The smallest absolute Gasteiger partial charge is 0.159 e. The van der Waals surface area contributed by atoms with Crippen molar-refractivity contribution >= 4 is 22.2 Å². The van der Waals surface area contributed by atoms with Gasteiger partial charge in [0.2, 0.25) is 0 Å². The number of nitrogens with two attached hydrogens (primary N) is 1. The van der Waals surface area contributed by atoms with E-state index in [2.05, 4.69) is 9.88 Å². The van der Waals surface area contributed by atoms with Crippen LogP contribution >= 0.6 is 0 Å². The summed E-state index contributed by atoms with van der Waals surface area (Å²) in [6.45, 7) is 3.49. The van der Waals surface area contributed by atoms with Gasteiger partial charge >= 0.3 is 0 Å². The molecule has 0 spiro atoms. The molecule has 0 amide bonds. The van der Waals surface area contributed by atoms with Crippen molar-refractivity contribution in [2.45, 2.75) is 24.8 Å². The fourth-order valence-electron chi connectivity index (χ4n) is 5.94. The molecule has 0 unspecified atom stereocenters. The lowest BCUT2D eigenvalue weighted by Gasteiger charge is -2.43. The molecular formula is C30H29FN6O2. The molecule has 0 bridgehead atoms. The zero-order valence-corrected chi connectivity index (χ0v) is 21.7. The third-order valence-electron chi connectivity index (χ3n) is 8.08. The van der Waals surface area contributed by atoms with E-state index in [4.69, 9.17) is 25.2 Å². The third kappa shape index (κ3) is 4.00. The van der Waals surface area contributed by atoms with E-state index in [-0.39, 0.29) is 11.4 Å². The molecule has 2 N–H and O–H groups in total. The Hall–Kier alpha value is -4.08. The Morgan fingerprint density at radius 3 is 2.62 bits per heavy atom. The lowest BCUT2D eigenvalue weighted by atomic mass is 9.78. The molecule has 2 aromatic carbocycles. The highest BCUT2D eigenvalue weighted by Gasteiger charge is 2.38. The van der Waals surface area contributed by atoms with Crippen molar-refractivity contribution < 1.29 is 13.9 Å². The first-order valence-electron chi connectivity index (χ1n) is 13.3. The summed E-state index contributed by atoms with van der Waals surface area (Å²) in [7, 11) is 1.58. The van der Waals surface area contributed by atoms with E-state index in [1.54, 1.807) is 19.4 Å². The molecule has 4 heterocycles. The summed E-state index contributed by atoms with van der Waals surface area (Å²) < 4.78 is 29.5. The Kier molecular flexibility index (Phi) is 5.90. The first kappa shape index (κ1) is 24.0. The van der Waals surface area contributed by atoms with E-state index in [1.165, 1.54) is 0 Å². The van der Waals surface area contributed by atoms with Gasteiger partial charge in [-0.15, -0.1) is 0 Å². The number of hydrogen-bond donors (Lipinski definition) is 1. The van der Waals surface area contributed by atoms with E-state index in [1.807, 2.05) is 53.1 Å². The van der Waals surface area contributed by atoms with Crippen LogP contribution in [0.4, 0.5) is 10.2 Å². The first-order valence-corrected chi connectivity index (χ1v) is 13.3. The molecule has 2 fully saturated rings. The van der Waals surface area contributed by atoms with Crippen LogP contribution < -0.4 is 10.5 Å². The zero-order chi connectivity index (χ0) is 26.5. The van der Waals surface area contributed by atoms with Crippen LogP contribution in [0.5, 0.6) is 5.75 Å². The molecule has 198 valence electrons. The van der Waals surface area contributed by atoms with Gasteiger partial charge in [0.25, 0.3) is 0 Å². The van der Waals surface area contributed by atoms with Gasteiger partial charge in [0.1, 0.15) is 34.1 Å². The Morgan fingerprint density at radius 2 is 1.85 bits per heavy atom. The summed E-state index contributed by atoms with van der Waals surface area (Å²) in [5.41, 5.74) is 9.55. The highest BCUT2D eigenvalue weighted by atomic mass is 19.1. The number of hydrogen-bond acceptors (Lipinski definition) is 7. The second-order valence-corrected chi connectivity index (χ2v) is 10.2. The van der Waals surface area contributed by atoms with Crippen molar-refractivity contribution in [3.8, 4) is 28.3 Å². The number of imidazole rings is 1. The molecule has 7 rings (SSSR count). The Balaban J connectivity index is 1.33. The number of methoxy groups -OCH3 is 1. The summed E-state index contributed by atoms with van der Waals surface area (Å²) in [6, 6.07) is 15.6. The highest BCUT2D eigenvalue weighted by molar-refractivity contribution is 5.94. The number of aromatic nitrogens is 4. The van der Waals surface area contributed by atoms with Crippen LogP contribution in [0.3, 0.4) is 0 Å². The molecule has 1 saturated heterocycles. The number of rotatable bonds is 5. The van der Waals surface area contributed by atoms with Gasteiger partial charge in [0.05, 0.1) is 26.0 Å². The lowest BCUT2D eigenvalue weighted by molar-refractivity contribution is -0.00778. The normalized spacial score (nSPS) is 19.8. The number of halogens is 1. The molecule has 3 aromatic heterocycles. The largest absolute Gasteiger partial charge is 0.496 e. The Labute approximate surface area is 225 Å². The minimum atomic E-state index is -0.460. The van der Waals surface area contributed by atoms with Crippen molar-refractivity contribution in [1.29, 1.82) is 0 Å². The maximum Gasteiger partial charge on any atom is 0.159 e. The van der Waals surface area contributed by atoms with E-state index < -0.39 is 5.82 Å². The number of nitrogens with zero attached hydrogens (tertiary/aromatic N) is 5. The molecule has 1 aliphatic carbocycles. The van der Waals surface area contributed by atoms with Crippen LogP contribution in [0, 0.1) is 5.82 Å². The second-order valence-electron chi connectivity index (χ2n) is 10.2. The molecule has 39 heavy (non-hydrogen) atoms. The van der Waals surface area contributed by atoms with Crippen LogP contribution in [0.25, 0.3) is 38.9 Å². The summed E-state index contributed by atoms with van der Waals surface area (Å²) in [4.78, 5) is 16.5. The van der Waals surface area contributed by atoms with Crippen molar-refractivity contribution in [3.05, 3.63) is 72.6 Å². The van der Waals surface area contributed by atoms with Gasteiger partial charge in [0, 0.05) is 60.0 Å². The SMILES string of the molecule is COc1cc(-c2ccccc2)nc2c(F)c(-c3nc(C4CC(N5CCOCC5)C4)n4ccnc(N)c34)ccc12. The average Bonchev–Trinajstić information content (AvgIpc) is 3.33. The molecule has 2 aliphatic rings. The van der Waals surface area contributed by atoms with Gasteiger partial charge in [0.15, 0.2) is 5.82 Å². The van der Waals surface area contributed by atoms with Gasteiger partial charge in [-0.2, -0.15) is 0 Å². The number of ether oxygens (including phenoxy) is 2. The fourth-order valence-corrected chi connectivity index (χ4v) is 5.94. The zero-order valence-electron chi connectivity index (χ0n) is 21.7. The van der Waals surface area contributed by atoms with Crippen molar-refractivity contribution in [2.75, 3.05) is 39.1 Å². The number of pyridine rings is 1. The van der Waals surface area contributed by atoms with Gasteiger partial charge < -0.3 is 15.2 Å². The quantitative estimate of drug-likeness (QED) is 0.349. The van der Waals surface area contributed by atoms with Crippen LogP contribution in [0.2, 0.25) is 0 Å². The molecule has 0 radical (unpaired) electrons. The van der Waals surface area contributed by atoms with E-state index in [0.29, 0.717) is 45.5 Å². The van der Waals surface area contributed by atoms with Crippen molar-refractivity contribution in [1.82, 2.24) is 24.3 Å². The average molecular weight is 525 g/mol. The van der Waals surface area contributed by atoms with Crippen LogP contribution in [0.1, 0.15) is 24.6 Å². The van der Waals surface area contributed by atoms with Gasteiger partial charge in [-0.1, -0.05) is 30.3 Å². The standard InChI is InChI=1S/C30H29FN6O2/c1-38-24-17-23(18-5-3-2-4-6-18)34-26-21(24)7-8-22(25(26)31)27-28-29(32)33-9-10-37(28)30(35-27)19-15-20(16-19)36-11-13-39-14-12-36/h2-10,17,19-20H,11-16H2,1H3,(H2,32,33). The van der Waals surface area contributed by atoms with Crippen molar-refractivity contribution in [3.63, 3.8) is 0 Å². The van der Waals surface area contributed by atoms with E-state index in [0.717, 1.165) is 50.5 Å². The second kappa shape index (κ2) is 9.59. The maximum absolute atomic E-state index is 16.4. The van der Waals surface area contributed by atoms with Gasteiger partial charge in [-0.3, -0.25) is 9.30 Å². The monoisotopic (exact) mass is 524 g/mol. The minimum absolute atomic E-state index is 0.229. The minimum Gasteiger partial charge on any atom is -0.496 e. The molecular weight excluding hydrogens is 495 g/mol. The van der Waals surface area contributed by atoms with E-state index >= 15 is 4.39 Å². The molecule has 5 aromatic rings. The summed E-state index contributed by atoms with van der Waals surface area (Å²) in [6.07, 6.45) is 5.54. The Morgan fingerprint density at radius 1 is 1.05 bits per heavy atom. The predicted octanol–water partition coefficient (Wildman–Crippen LogP) is 4.92. The summed E-state index contributed by atoms with van der Waals surface area (Å²) in [5.74, 6) is 1.56. The molecule has 0 atom stereocenters. The third-order valence-corrected chi connectivity index (χ3v) is 8.08. The molecule has 8 nitrogen and oxygen atoms in total. The number of fused-ring (bicyclic) bond motifs is 2. The van der Waals surface area contributed by atoms with Gasteiger partial charge in [-0.05, 0) is 25.0 Å². The number of nitrogen functional groups attached to an aromatic ring is 1. The first-order chi connectivity index (χ1) is 19.1. The van der Waals surface area contributed by atoms with Crippen LogP contribution in [0.15, 0.2) is 60.9 Å². The Bertz CT molecular complexity index is 1680. The number of anilines is 1. The number of morpholine rings is 1. The lowest BCUT2D eigenvalue weighted by Crippen LogP contribution is -2.49. The van der Waals surface area contributed by atoms with E-state index in [9.17, 15) is 0 Å². The number of benzene rings is 2. The van der Waals surface area contributed by atoms with Crippen molar-refractivity contribution in [2.24, 2.45) is 0 Å². The molecule has 9 heteroatoms. The fraction of sp³-hybridized carbons (Fsp3) is 0.300. The predicted molar refractivity (Wildman–Crippen MR) is 148 cm³/mol. The highest BCUT2D eigenvalue weighted by Crippen LogP contribution is 2.43. The summed E-state index contributed by atoms with van der Waals surface area (Å²) >= 11 is 0. The maximum atomic E-state index is 16.4. The molecule has 1 saturated carbocycles. The van der Waals surface area contributed by atoms with Crippen LogP contribution in [-0.4, -0.2) is 63.7 Å². The summed E-state index contributed by atoms with van der Waals surface area (Å²) in [5, 5.41) is 0.598.